The summed E-state index contributed by atoms with van der Waals surface area (Å²) in [5.41, 5.74) is 0.943. The van der Waals surface area contributed by atoms with E-state index in [2.05, 4.69) is 0 Å². The monoisotopic (exact) mass is 277 g/mol. The van der Waals surface area contributed by atoms with Gasteiger partial charge >= 0.3 is 0 Å². The maximum absolute atomic E-state index is 13.1. The Kier molecular flexibility index (Phi) is 3.74. The summed E-state index contributed by atoms with van der Waals surface area (Å²) in [7, 11) is 0. The number of nitrogens with zero attached hydrogens (tertiary/aromatic N) is 1. The number of morpholine rings is 1. The van der Waals surface area contributed by atoms with Crippen molar-refractivity contribution >= 4 is 5.91 Å². The first kappa shape index (κ1) is 13.6. The summed E-state index contributed by atoms with van der Waals surface area (Å²) in [6.45, 7) is 3.91. The van der Waals surface area contributed by atoms with Crippen molar-refractivity contribution in [2.45, 2.75) is 31.8 Å². The van der Waals surface area contributed by atoms with Crippen LogP contribution in [-0.4, -0.2) is 36.6 Å². The predicted octanol–water partition coefficient (Wildman–Crippen LogP) is 2.57. The van der Waals surface area contributed by atoms with Gasteiger partial charge in [0.25, 0.3) is 0 Å². The lowest BCUT2D eigenvalue weighted by Crippen LogP contribution is -2.46. The molecule has 3 rings (SSSR count). The Morgan fingerprint density at radius 2 is 2.05 bits per heavy atom. The number of carbonyl (C=O) groups excluding carboxylic acids is 1. The fourth-order valence-electron chi connectivity index (χ4n) is 2.93. The van der Waals surface area contributed by atoms with Crippen molar-refractivity contribution in [3.05, 3.63) is 35.6 Å². The summed E-state index contributed by atoms with van der Waals surface area (Å²) < 4.78 is 18.6. The molecule has 1 saturated heterocycles. The van der Waals surface area contributed by atoms with Gasteiger partial charge in [0, 0.05) is 13.1 Å². The second kappa shape index (κ2) is 5.52. The highest BCUT2D eigenvalue weighted by Crippen LogP contribution is 2.43. The van der Waals surface area contributed by atoms with Gasteiger partial charge in [0.2, 0.25) is 5.91 Å². The fraction of sp³-hybridized carbons (Fsp3) is 0.562. The lowest BCUT2D eigenvalue weighted by atomic mass is 9.92. The van der Waals surface area contributed by atoms with Crippen LogP contribution in [0.15, 0.2) is 24.3 Å². The van der Waals surface area contributed by atoms with Gasteiger partial charge in [0.1, 0.15) is 5.82 Å². The molecule has 3 nitrogen and oxygen atoms in total. The minimum absolute atomic E-state index is 0.0979. The molecule has 1 amide bonds. The van der Waals surface area contributed by atoms with Gasteiger partial charge in [-0.05, 0) is 43.4 Å². The molecule has 1 aliphatic heterocycles. The van der Waals surface area contributed by atoms with Gasteiger partial charge in [0.15, 0.2) is 0 Å². The number of hydrogen-bond acceptors (Lipinski definition) is 2. The van der Waals surface area contributed by atoms with Crippen LogP contribution in [0.4, 0.5) is 4.39 Å². The Morgan fingerprint density at radius 1 is 1.35 bits per heavy atom. The van der Waals surface area contributed by atoms with Crippen molar-refractivity contribution in [2.75, 3.05) is 19.7 Å². The zero-order valence-corrected chi connectivity index (χ0v) is 11.7. The summed E-state index contributed by atoms with van der Waals surface area (Å²) in [4.78, 5) is 14.7. The first-order valence-electron chi connectivity index (χ1n) is 7.31. The van der Waals surface area contributed by atoms with Gasteiger partial charge < -0.3 is 9.64 Å². The second-order valence-electron chi connectivity index (χ2n) is 5.83. The Morgan fingerprint density at radius 3 is 2.65 bits per heavy atom. The third kappa shape index (κ3) is 2.85. The van der Waals surface area contributed by atoms with E-state index in [-0.39, 0.29) is 23.7 Å². The quantitative estimate of drug-likeness (QED) is 0.850. The molecule has 2 aliphatic rings. The van der Waals surface area contributed by atoms with E-state index in [1.165, 1.54) is 12.1 Å². The Balaban J connectivity index is 1.79. The third-order valence-electron chi connectivity index (χ3n) is 4.14. The topological polar surface area (TPSA) is 29.5 Å². The lowest BCUT2D eigenvalue weighted by Gasteiger charge is -2.34. The van der Waals surface area contributed by atoms with Crippen LogP contribution in [0, 0.1) is 11.7 Å². The number of rotatable bonds is 3. The van der Waals surface area contributed by atoms with Gasteiger partial charge in [0.05, 0.1) is 18.6 Å². The minimum Gasteiger partial charge on any atom is -0.375 e. The van der Waals surface area contributed by atoms with E-state index < -0.39 is 0 Å². The van der Waals surface area contributed by atoms with Gasteiger partial charge in [-0.1, -0.05) is 12.1 Å². The summed E-state index contributed by atoms with van der Waals surface area (Å²) in [6.07, 6.45) is 2.28. The van der Waals surface area contributed by atoms with Crippen LogP contribution in [0.25, 0.3) is 0 Å². The smallest absolute Gasteiger partial charge is 0.230 e. The van der Waals surface area contributed by atoms with Gasteiger partial charge in [-0.15, -0.1) is 0 Å². The number of carbonyl (C=O) groups is 1. The van der Waals surface area contributed by atoms with E-state index in [1.807, 2.05) is 11.8 Å². The second-order valence-corrected chi connectivity index (χ2v) is 5.83. The Bertz CT molecular complexity index is 484. The van der Waals surface area contributed by atoms with E-state index in [4.69, 9.17) is 4.74 Å². The molecule has 0 spiro atoms. The molecular formula is C16H20FNO2. The molecule has 2 unspecified atom stereocenters. The van der Waals surface area contributed by atoms with Gasteiger partial charge in [-0.25, -0.2) is 4.39 Å². The van der Waals surface area contributed by atoms with Crippen LogP contribution in [0.5, 0.6) is 0 Å². The highest BCUT2D eigenvalue weighted by Gasteiger charge is 2.40. The standard InChI is InChI=1S/C16H20FNO2/c1-11-10-18(8-9-20-11)16(19)15(12-2-3-12)13-4-6-14(17)7-5-13/h4-7,11-12,15H,2-3,8-10H2,1H3. The van der Waals surface area contributed by atoms with Crippen molar-refractivity contribution in [3.8, 4) is 0 Å². The molecule has 1 saturated carbocycles. The lowest BCUT2D eigenvalue weighted by molar-refractivity contribution is -0.140. The average molecular weight is 277 g/mol. The van der Waals surface area contributed by atoms with Crippen LogP contribution < -0.4 is 0 Å². The number of halogens is 1. The zero-order valence-electron chi connectivity index (χ0n) is 11.7. The van der Waals surface area contributed by atoms with E-state index >= 15 is 0 Å². The molecule has 1 aromatic carbocycles. The SMILES string of the molecule is CC1CN(C(=O)C(c2ccc(F)cc2)C2CC2)CCO1. The third-order valence-corrected chi connectivity index (χ3v) is 4.14. The van der Waals surface area contributed by atoms with Crippen molar-refractivity contribution in [2.24, 2.45) is 5.92 Å². The number of benzene rings is 1. The predicted molar refractivity (Wildman–Crippen MR) is 73.9 cm³/mol. The minimum atomic E-state index is -0.254. The highest BCUT2D eigenvalue weighted by atomic mass is 19.1. The maximum atomic E-state index is 13.1. The average Bonchev–Trinajstić information content (AvgIpc) is 3.26. The Hall–Kier alpha value is -1.42. The molecule has 108 valence electrons. The summed E-state index contributed by atoms with van der Waals surface area (Å²) in [5, 5.41) is 0. The van der Waals surface area contributed by atoms with Crippen molar-refractivity contribution in [1.82, 2.24) is 4.90 Å². The van der Waals surface area contributed by atoms with Crippen LogP contribution in [-0.2, 0) is 9.53 Å². The molecule has 1 heterocycles. The first-order chi connectivity index (χ1) is 9.65. The number of amides is 1. The molecule has 20 heavy (non-hydrogen) atoms. The molecule has 2 fully saturated rings. The molecule has 2 atom stereocenters. The number of ether oxygens (including phenoxy) is 1. The van der Waals surface area contributed by atoms with Crippen molar-refractivity contribution in [1.29, 1.82) is 0 Å². The molecule has 0 N–H and O–H groups in total. The van der Waals surface area contributed by atoms with E-state index in [1.54, 1.807) is 12.1 Å². The van der Waals surface area contributed by atoms with Crippen LogP contribution in [0.3, 0.4) is 0 Å². The van der Waals surface area contributed by atoms with Gasteiger partial charge in [-0.2, -0.15) is 0 Å². The summed E-state index contributed by atoms with van der Waals surface area (Å²) in [6, 6.07) is 6.39. The zero-order chi connectivity index (χ0) is 14.1. The molecule has 0 bridgehead atoms. The van der Waals surface area contributed by atoms with E-state index in [0.717, 1.165) is 18.4 Å². The maximum Gasteiger partial charge on any atom is 0.230 e. The Labute approximate surface area is 118 Å². The van der Waals surface area contributed by atoms with E-state index in [0.29, 0.717) is 25.6 Å². The van der Waals surface area contributed by atoms with Crippen molar-refractivity contribution in [3.63, 3.8) is 0 Å². The molecule has 1 aromatic rings. The fourth-order valence-corrected chi connectivity index (χ4v) is 2.93. The first-order valence-corrected chi connectivity index (χ1v) is 7.31. The molecular weight excluding hydrogens is 257 g/mol. The van der Waals surface area contributed by atoms with E-state index in [9.17, 15) is 9.18 Å². The summed E-state index contributed by atoms with van der Waals surface area (Å²) in [5.74, 6) is 0.233. The number of hydrogen-bond donors (Lipinski definition) is 0. The highest BCUT2D eigenvalue weighted by molar-refractivity contribution is 5.84. The summed E-state index contributed by atoms with van der Waals surface area (Å²) >= 11 is 0. The molecule has 0 radical (unpaired) electrons. The van der Waals surface area contributed by atoms with Crippen LogP contribution in [0.1, 0.15) is 31.2 Å². The van der Waals surface area contributed by atoms with Crippen LogP contribution >= 0.6 is 0 Å². The van der Waals surface area contributed by atoms with Gasteiger partial charge in [-0.3, -0.25) is 4.79 Å². The van der Waals surface area contributed by atoms with Crippen LogP contribution in [0.2, 0.25) is 0 Å². The molecule has 1 aliphatic carbocycles. The molecule has 4 heteroatoms. The molecule has 0 aromatic heterocycles. The normalized spacial score (nSPS) is 24.5. The largest absolute Gasteiger partial charge is 0.375 e. The van der Waals surface area contributed by atoms with Crippen molar-refractivity contribution < 1.29 is 13.9 Å².